The Bertz CT molecular complexity index is 945. The van der Waals surface area contributed by atoms with Gasteiger partial charge in [-0.1, -0.05) is 0 Å². The van der Waals surface area contributed by atoms with Gasteiger partial charge in [0.15, 0.2) is 11.5 Å². The molecule has 0 saturated heterocycles. The van der Waals surface area contributed by atoms with Crippen LogP contribution in [0, 0.1) is 15.6 Å². The molecular formula is C15H16N4O8S-2. The number of rotatable bonds is 7. The zero-order valence-electron chi connectivity index (χ0n) is 14.6. The maximum Gasteiger partial charge on any atom is 0.257 e. The average molecular weight is 412 g/mol. The Labute approximate surface area is 160 Å². The molecular weight excluding hydrogens is 396 g/mol. The molecule has 0 heterocycles. The van der Waals surface area contributed by atoms with Crippen LogP contribution >= 0.6 is 0 Å². The molecule has 28 heavy (non-hydrogen) atoms. The maximum absolute atomic E-state index is 12.2. The molecule has 0 saturated carbocycles. The summed E-state index contributed by atoms with van der Waals surface area (Å²) >= 11 is 0. The Kier molecular flexibility index (Phi) is 6.48. The minimum atomic E-state index is -4.05. The second-order valence-electron chi connectivity index (χ2n) is 5.18. The minimum absolute atomic E-state index is 0.0305. The highest BCUT2D eigenvalue weighted by molar-refractivity contribution is 7.89. The lowest BCUT2D eigenvalue weighted by Crippen LogP contribution is -2.34. The Hall–Kier alpha value is -3.26. The van der Waals surface area contributed by atoms with E-state index in [9.17, 15) is 24.0 Å². The molecule has 2 rings (SSSR count). The van der Waals surface area contributed by atoms with Crippen molar-refractivity contribution in [2.75, 3.05) is 19.4 Å². The minimum Gasteiger partial charge on any atom is -0.733 e. The van der Waals surface area contributed by atoms with E-state index in [0.717, 1.165) is 36.5 Å². The van der Waals surface area contributed by atoms with Gasteiger partial charge in [0.25, 0.3) is 10.0 Å². The molecule has 0 aliphatic heterocycles. The number of benzene rings is 1. The van der Waals surface area contributed by atoms with Crippen molar-refractivity contribution in [2.24, 2.45) is 0 Å². The van der Waals surface area contributed by atoms with Gasteiger partial charge in [-0.15, -0.1) is 4.83 Å². The highest BCUT2D eigenvalue weighted by Crippen LogP contribution is 2.22. The number of allylic oxidation sites excluding steroid dienone is 3. The van der Waals surface area contributed by atoms with Gasteiger partial charge < -0.3 is 35.7 Å². The van der Waals surface area contributed by atoms with Crippen LogP contribution in [0.25, 0.3) is 0 Å². The average Bonchev–Trinajstić information content (AvgIpc) is 2.67. The predicted molar refractivity (Wildman–Crippen MR) is 97.8 cm³/mol. The van der Waals surface area contributed by atoms with Crippen molar-refractivity contribution in [1.82, 2.24) is 10.3 Å². The summed E-state index contributed by atoms with van der Waals surface area (Å²) in [4.78, 5) is 1.15. The molecule has 0 bridgehead atoms. The van der Waals surface area contributed by atoms with Crippen molar-refractivity contribution in [2.45, 2.75) is 4.90 Å². The van der Waals surface area contributed by atoms with E-state index >= 15 is 0 Å². The van der Waals surface area contributed by atoms with Crippen molar-refractivity contribution in [1.29, 1.82) is 0 Å². The number of nitrogens with zero attached hydrogens (tertiary/aromatic N) is 2. The Morgan fingerprint density at radius 3 is 2.18 bits per heavy atom. The molecule has 1 aromatic carbocycles. The molecule has 0 unspecified atom stereocenters. The number of hydrogen-bond donors (Lipinski definition) is 3. The van der Waals surface area contributed by atoms with Crippen molar-refractivity contribution in [3.8, 4) is 0 Å². The SMILES string of the molecule is COC1=CC(=CNNS(=O)(=O)c2ccc(N([O-])O)cc2)C(=[N+]([O-])[O-])C=C1OC. The van der Waals surface area contributed by atoms with Crippen LogP contribution in [0.5, 0.6) is 0 Å². The standard InChI is InChI=1S/C15H16N4O8S/c1-26-14-7-10(13(19(22)23)8-15(14)27-2)9-16-17-28(24,25)12-5-3-11(4-6-12)18(20)21/h3-9,16-17,20H,1-2H3/q-2. The first-order valence-electron chi connectivity index (χ1n) is 7.46. The second-order valence-corrected chi connectivity index (χ2v) is 6.87. The molecule has 0 spiro atoms. The zero-order valence-corrected chi connectivity index (χ0v) is 15.5. The summed E-state index contributed by atoms with van der Waals surface area (Å²) in [7, 11) is -1.38. The summed E-state index contributed by atoms with van der Waals surface area (Å²) in [6.07, 6.45) is 3.51. The quantitative estimate of drug-likeness (QED) is 0.424. The van der Waals surface area contributed by atoms with Crippen LogP contribution in [-0.4, -0.2) is 38.5 Å². The third kappa shape index (κ3) is 4.72. The van der Waals surface area contributed by atoms with Gasteiger partial charge in [0.2, 0.25) is 5.71 Å². The van der Waals surface area contributed by atoms with Crippen molar-refractivity contribution < 1.29 is 28.0 Å². The summed E-state index contributed by atoms with van der Waals surface area (Å²) in [5.41, 5.74) is 1.81. The maximum atomic E-state index is 12.2. The van der Waals surface area contributed by atoms with Crippen LogP contribution in [0.2, 0.25) is 0 Å². The number of sulfonamides is 1. The van der Waals surface area contributed by atoms with Gasteiger partial charge >= 0.3 is 0 Å². The monoisotopic (exact) mass is 412 g/mol. The fourth-order valence-electron chi connectivity index (χ4n) is 2.15. The molecule has 1 aromatic rings. The smallest absolute Gasteiger partial charge is 0.257 e. The highest BCUT2D eigenvalue weighted by Gasteiger charge is 2.22. The van der Waals surface area contributed by atoms with Gasteiger partial charge in [0, 0.05) is 6.20 Å². The van der Waals surface area contributed by atoms with Crippen LogP contribution in [0.1, 0.15) is 0 Å². The summed E-state index contributed by atoms with van der Waals surface area (Å²) in [6.45, 7) is 0. The number of nitrogens with one attached hydrogen (secondary N) is 2. The van der Waals surface area contributed by atoms with E-state index in [1.165, 1.54) is 20.3 Å². The summed E-state index contributed by atoms with van der Waals surface area (Å²) < 4.78 is 34.5. The van der Waals surface area contributed by atoms with E-state index in [1.54, 1.807) is 0 Å². The second kappa shape index (κ2) is 8.62. The number of methoxy groups -OCH3 is 2. The van der Waals surface area contributed by atoms with Crippen molar-refractivity contribution in [3.05, 3.63) is 75.3 Å². The van der Waals surface area contributed by atoms with Crippen LogP contribution in [0.3, 0.4) is 0 Å². The predicted octanol–water partition coefficient (Wildman–Crippen LogP) is 0.570. The van der Waals surface area contributed by atoms with Crippen LogP contribution in [0.4, 0.5) is 5.69 Å². The molecule has 1 aliphatic rings. The van der Waals surface area contributed by atoms with Crippen molar-refractivity contribution >= 4 is 21.4 Å². The fourth-order valence-corrected chi connectivity index (χ4v) is 2.98. The van der Waals surface area contributed by atoms with Gasteiger partial charge in [0.1, 0.15) is 0 Å². The summed E-state index contributed by atoms with van der Waals surface area (Å²) in [5.74, 6) is 0.356. The normalized spacial score (nSPS) is 15.6. The Morgan fingerprint density at radius 1 is 1.11 bits per heavy atom. The number of hydrogen-bond acceptors (Lipinski definition) is 10. The Balaban J connectivity index is 2.21. The molecule has 0 amide bonds. The first-order chi connectivity index (χ1) is 13.2. The lowest BCUT2D eigenvalue weighted by Gasteiger charge is -2.21. The van der Waals surface area contributed by atoms with E-state index in [-0.39, 0.29) is 33.4 Å². The molecule has 12 nitrogen and oxygen atoms in total. The molecule has 1 aliphatic carbocycles. The van der Waals surface area contributed by atoms with E-state index in [4.69, 9.17) is 14.7 Å². The van der Waals surface area contributed by atoms with Gasteiger partial charge in [-0.3, -0.25) is 5.21 Å². The third-order valence-electron chi connectivity index (χ3n) is 3.52. The van der Waals surface area contributed by atoms with Gasteiger partial charge in [0.05, 0.1) is 36.5 Å². The molecule has 3 N–H and O–H groups in total. The Morgan fingerprint density at radius 2 is 1.68 bits per heavy atom. The first kappa shape index (κ1) is 21.0. The fraction of sp³-hybridized carbons (Fsp3) is 0.133. The lowest BCUT2D eigenvalue weighted by atomic mass is 10.0. The van der Waals surface area contributed by atoms with Crippen LogP contribution < -0.4 is 15.5 Å². The van der Waals surface area contributed by atoms with Crippen LogP contribution in [-0.2, 0) is 19.5 Å². The zero-order chi connectivity index (χ0) is 20.9. The number of ether oxygens (including phenoxy) is 2. The molecule has 0 fully saturated rings. The van der Waals surface area contributed by atoms with Gasteiger partial charge in [-0.25, -0.2) is 8.42 Å². The number of hydrazine groups is 1. The molecule has 152 valence electrons. The van der Waals surface area contributed by atoms with Crippen molar-refractivity contribution in [3.63, 3.8) is 0 Å². The van der Waals surface area contributed by atoms with E-state index in [2.05, 4.69) is 5.43 Å². The number of anilines is 1. The largest absolute Gasteiger partial charge is 0.733 e. The molecule has 0 aromatic heterocycles. The van der Waals surface area contributed by atoms with Crippen LogP contribution in [0.15, 0.2) is 64.6 Å². The lowest BCUT2D eigenvalue weighted by molar-refractivity contribution is -0.377. The summed E-state index contributed by atoms with van der Waals surface area (Å²) in [5, 5.41) is 41.5. The van der Waals surface area contributed by atoms with E-state index in [0.29, 0.717) is 0 Å². The van der Waals surface area contributed by atoms with Gasteiger partial charge in [-0.05, 0) is 30.3 Å². The molecule has 0 atom stereocenters. The van der Waals surface area contributed by atoms with E-state index in [1.807, 2.05) is 4.83 Å². The molecule has 13 heteroatoms. The third-order valence-corrected chi connectivity index (χ3v) is 4.80. The van der Waals surface area contributed by atoms with E-state index < -0.39 is 20.2 Å². The topological polar surface area (TPSA) is 172 Å². The van der Waals surface area contributed by atoms with Gasteiger partial charge in [-0.2, -0.15) is 4.90 Å². The highest BCUT2D eigenvalue weighted by atomic mass is 32.2. The summed E-state index contributed by atoms with van der Waals surface area (Å²) in [6, 6.07) is 4.40. The first-order valence-corrected chi connectivity index (χ1v) is 8.95. The molecule has 0 radical (unpaired) electrons.